The Morgan fingerprint density at radius 1 is 1.09 bits per heavy atom. The van der Waals surface area contributed by atoms with E-state index in [1.807, 2.05) is 43.3 Å². The van der Waals surface area contributed by atoms with Crippen molar-refractivity contribution in [2.24, 2.45) is 0 Å². The standard InChI is InChI=1S/C24H30N6O2S/c1-18-6-10-20(11-7-18)30-24(26-27-28-30)33-17-23(31)25-16-22(29-14-4-3-5-15-29)19-8-12-21(32-2)13-9-19/h6-13,22H,3-5,14-17H2,1-2H3,(H,25,31)/t22-/m0/s1. The number of hydrogen-bond donors (Lipinski definition) is 1. The predicted molar refractivity (Wildman–Crippen MR) is 129 cm³/mol. The summed E-state index contributed by atoms with van der Waals surface area (Å²) >= 11 is 1.33. The summed E-state index contributed by atoms with van der Waals surface area (Å²) in [5, 5.41) is 15.7. The van der Waals surface area contributed by atoms with Gasteiger partial charge in [0.2, 0.25) is 11.1 Å². The summed E-state index contributed by atoms with van der Waals surface area (Å²) in [5.41, 5.74) is 3.23. The van der Waals surface area contributed by atoms with Crippen LogP contribution in [0.3, 0.4) is 0 Å². The summed E-state index contributed by atoms with van der Waals surface area (Å²) in [6, 6.07) is 16.2. The molecule has 1 fully saturated rings. The van der Waals surface area contributed by atoms with Gasteiger partial charge >= 0.3 is 0 Å². The van der Waals surface area contributed by atoms with Crippen molar-refractivity contribution in [1.29, 1.82) is 0 Å². The van der Waals surface area contributed by atoms with Crippen molar-refractivity contribution in [3.8, 4) is 11.4 Å². The van der Waals surface area contributed by atoms with Gasteiger partial charge in [-0.1, -0.05) is 48.0 Å². The molecule has 2 aromatic carbocycles. The molecule has 174 valence electrons. The summed E-state index contributed by atoms with van der Waals surface area (Å²) in [6.07, 6.45) is 3.65. The molecule has 1 N–H and O–H groups in total. The maximum Gasteiger partial charge on any atom is 0.230 e. The maximum atomic E-state index is 12.7. The van der Waals surface area contributed by atoms with Crippen LogP contribution >= 0.6 is 11.8 Å². The second-order valence-corrected chi connectivity index (χ2v) is 9.13. The number of piperidine rings is 1. The molecule has 0 spiro atoms. The molecule has 1 saturated heterocycles. The highest BCUT2D eigenvalue weighted by Crippen LogP contribution is 2.26. The van der Waals surface area contributed by atoms with Crippen molar-refractivity contribution in [3.63, 3.8) is 0 Å². The Balaban J connectivity index is 1.37. The fourth-order valence-corrected chi connectivity index (χ4v) is 4.74. The van der Waals surface area contributed by atoms with Crippen LogP contribution in [0.25, 0.3) is 5.69 Å². The largest absolute Gasteiger partial charge is 0.497 e. The molecule has 0 bridgehead atoms. The Morgan fingerprint density at radius 3 is 2.52 bits per heavy atom. The number of tetrazole rings is 1. The molecule has 1 aromatic heterocycles. The molecule has 1 aliphatic heterocycles. The highest BCUT2D eigenvalue weighted by Gasteiger charge is 2.23. The van der Waals surface area contributed by atoms with E-state index in [4.69, 9.17) is 4.74 Å². The minimum Gasteiger partial charge on any atom is -0.497 e. The van der Waals surface area contributed by atoms with Gasteiger partial charge in [-0.3, -0.25) is 9.69 Å². The number of benzene rings is 2. The van der Waals surface area contributed by atoms with Crippen LogP contribution in [0.5, 0.6) is 5.75 Å². The van der Waals surface area contributed by atoms with Gasteiger partial charge in [0.1, 0.15) is 5.75 Å². The van der Waals surface area contributed by atoms with Gasteiger partial charge in [0, 0.05) is 6.54 Å². The Bertz CT molecular complexity index is 1030. The first kappa shape index (κ1) is 23.3. The maximum absolute atomic E-state index is 12.7. The van der Waals surface area contributed by atoms with E-state index >= 15 is 0 Å². The number of aryl methyl sites for hydroxylation is 1. The fraction of sp³-hybridized carbons (Fsp3) is 0.417. The molecule has 0 radical (unpaired) electrons. The van der Waals surface area contributed by atoms with E-state index in [0.717, 1.165) is 24.5 Å². The van der Waals surface area contributed by atoms with E-state index < -0.39 is 0 Å². The van der Waals surface area contributed by atoms with Crippen LogP contribution in [0.1, 0.15) is 36.4 Å². The van der Waals surface area contributed by atoms with Crippen molar-refractivity contribution in [2.45, 2.75) is 37.4 Å². The predicted octanol–water partition coefficient (Wildman–Crippen LogP) is 3.41. The van der Waals surface area contributed by atoms with Crippen molar-refractivity contribution < 1.29 is 9.53 Å². The van der Waals surface area contributed by atoms with Crippen LogP contribution in [0.2, 0.25) is 0 Å². The fourth-order valence-electron chi connectivity index (χ4n) is 4.02. The van der Waals surface area contributed by atoms with Gasteiger partial charge in [-0.05, 0) is 73.1 Å². The molecular formula is C24H30N6O2S. The van der Waals surface area contributed by atoms with Gasteiger partial charge in [-0.2, -0.15) is 4.68 Å². The molecule has 3 aromatic rings. The Labute approximate surface area is 198 Å². The number of ether oxygens (including phenoxy) is 1. The summed E-state index contributed by atoms with van der Waals surface area (Å²) in [5.74, 6) is 1.05. The molecule has 1 atom stereocenters. The SMILES string of the molecule is COc1ccc([C@H](CNC(=O)CSc2nnnn2-c2ccc(C)cc2)N2CCCCC2)cc1. The first-order chi connectivity index (χ1) is 16.1. The number of rotatable bonds is 9. The van der Waals surface area contributed by atoms with Crippen molar-refractivity contribution in [2.75, 3.05) is 32.5 Å². The van der Waals surface area contributed by atoms with Crippen molar-refractivity contribution >= 4 is 17.7 Å². The number of hydrogen-bond acceptors (Lipinski definition) is 7. The van der Waals surface area contributed by atoms with E-state index in [9.17, 15) is 4.79 Å². The second kappa shape index (κ2) is 11.3. The molecule has 4 rings (SSSR count). The van der Waals surface area contributed by atoms with Crippen molar-refractivity contribution in [1.82, 2.24) is 30.4 Å². The minimum atomic E-state index is -0.0334. The van der Waals surface area contributed by atoms with Crippen LogP contribution in [0.15, 0.2) is 53.7 Å². The number of nitrogens with one attached hydrogen (secondary N) is 1. The van der Waals surface area contributed by atoms with Gasteiger partial charge in [0.15, 0.2) is 0 Å². The molecule has 8 nitrogen and oxygen atoms in total. The monoisotopic (exact) mass is 466 g/mol. The van der Waals surface area contributed by atoms with Crippen LogP contribution in [0, 0.1) is 6.92 Å². The van der Waals surface area contributed by atoms with E-state index in [2.05, 4.69) is 37.9 Å². The molecule has 0 saturated carbocycles. The number of aromatic nitrogens is 4. The number of methoxy groups -OCH3 is 1. The smallest absolute Gasteiger partial charge is 0.230 e. The molecular weight excluding hydrogens is 436 g/mol. The van der Waals surface area contributed by atoms with E-state index in [-0.39, 0.29) is 17.7 Å². The summed E-state index contributed by atoms with van der Waals surface area (Å²) in [4.78, 5) is 15.2. The Morgan fingerprint density at radius 2 is 1.82 bits per heavy atom. The molecule has 33 heavy (non-hydrogen) atoms. The lowest BCUT2D eigenvalue weighted by Crippen LogP contribution is -2.41. The number of carbonyl (C=O) groups excluding carboxylic acids is 1. The molecule has 2 heterocycles. The third-order valence-electron chi connectivity index (χ3n) is 5.88. The third kappa shape index (κ3) is 6.11. The Hall–Kier alpha value is -2.91. The lowest BCUT2D eigenvalue weighted by molar-refractivity contribution is -0.118. The topological polar surface area (TPSA) is 85.2 Å². The van der Waals surface area contributed by atoms with Crippen LogP contribution < -0.4 is 10.1 Å². The van der Waals surface area contributed by atoms with E-state index in [1.165, 1.54) is 42.2 Å². The van der Waals surface area contributed by atoms with Crippen LogP contribution in [-0.2, 0) is 4.79 Å². The zero-order valence-corrected chi connectivity index (χ0v) is 19.9. The number of carbonyl (C=O) groups is 1. The summed E-state index contributed by atoms with van der Waals surface area (Å²) < 4.78 is 6.96. The average Bonchev–Trinajstić information content (AvgIpc) is 3.33. The van der Waals surface area contributed by atoms with Gasteiger partial charge in [0.05, 0.1) is 24.6 Å². The average molecular weight is 467 g/mol. The van der Waals surface area contributed by atoms with E-state index in [0.29, 0.717) is 11.7 Å². The normalized spacial score (nSPS) is 15.2. The lowest BCUT2D eigenvalue weighted by Gasteiger charge is -2.35. The number of likely N-dealkylation sites (tertiary alicyclic amines) is 1. The third-order valence-corrected chi connectivity index (χ3v) is 6.80. The minimum absolute atomic E-state index is 0.0334. The second-order valence-electron chi connectivity index (χ2n) is 8.19. The van der Waals surface area contributed by atoms with Gasteiger partial charge < -0.3 is 10.1 Å². The lowest BCUT2D eigenvalue weighted by atomic mass is 10.0. The van der Waals surface area contributed by atoms with Crippen LogP contribution in [-0.4, -0.2) is 63.5 Å². The highest BCUT2D eigenvalue weighted by molar-refractivity contribution is 7.99. The van der Waals surface area contributed by atoms with Crippen molar-refractivity contribution in [3.05, 3.63) is 59.7 Å². The summed E-state index contributed by atoms with van der Waals surface area (Å²) in [6.45, 7) is 4.69. The molecule has 9 heteroatoms. The quantitative estimate of drug-likeness (QED) is 0.484. The van der Waals surface area contributed by atoms with Gasteiger partial charge in [0.25, 0.3) is 0 Å². The number of amides is 1. The van der Waals surface area contributed by atoms with E-state index in [1.54, 1.807) is 11.8 Å². The molecule has 1 amide bonds. The zero-order valence-electron chi connectivity index (χ0n) is 19.1. The Kier molecular flexibility index (Phi) is 7.96. The van der Waals surface area contributed by atoms with Gasteiger partial charge in [-0.15, -0.1) is 5.10 Å². The number of nitrogens with zero attached hydrogens (tertiary/aromatic N) is 5. The van der Waals surface area contributed by atoms with Crippen LogP contribution in [0.4, 0.5) is 0 Å². The number of thioether (sulfide) groups is 1. The molecule has 0 unspecified atom stereocenters. The first-order valence-electron chi connectivity index (χ1n) is 11.3. The summed E-state index contributed by atoms with van der Waals surface area (Å²) in [7, 11) is 1.67. The molecule has 1 aliphatic rings. The molecule has 0 aliphatic carbocycles. The van der Waals surface area contributed by atoms with Gasteiger partial charge in [-0.25, -0.2) is 0 Å². The first-order valence-corrected chi connectivity index (χ1v) is 12.3. The highest BCUT2D eigenvalue weighted by atomic mass is 32.2. The zero-order chi connectivity index (χ0) is 23.0.